The third-order valence-corrected chi connectivity index (χ3v) is 4.25. The Labute approximate surface area is 128 Å². The molecule has 0 amide bonds. The van der Waals surface area contributed by atoms with E-state index in [0.29, 0.717) is 0 Å². The van der Waals surface area contributed by atoms with E-state index < -0.39 is 0 Å². The van der Waals surface area contributed by atoms with E-state index in [1.807, 2.05) is 0 Å². The first-order valence-electron chi connectivity index (χ1n) is 9.23. The molecule has 0 saturated carbocycles. The normalized spacial score (nSPS) is 11.7. The molecule has 0 fully saturated rings. The van der Waals surface area contributed by atoms with Crippen LogP contribution >= 0.6 is 0 Å². The van der Waals surface area contributed by atoms with Gasteiger partial charge >= 0.3 is 0 Å². The van der Waals surface area contributed by atoms with Crippen LogP contribution in [0.3, 0.4) is 0 Å². The maximum absolute atomic E-state index is 2.63. The molecule has 0 saturated heterocycles. The standard InChI is InChI=1S/C18H40N2/c1-5-9-11-13-16-20(8-4)18-14-17-19(7-3)15-12-10-6-2/h5-18H2,1-4H3. The van der Waals surface area contributed by atoms with Crippen LogP contribution in [-0.2, 0) is 0 Å². The Morgan fingerprint density at radius 2 is 0.850 bits per heavy atom. The van der Waals surface area contributed by atoms with Crippen LogP contribution in [-0.4, -0.2) is 49.1 Å². The van der Waals surface area contributed by atoms with Crippen molar-refractivity contribution in [3.63, 3.8) is 0 Å². The average molecular weight is 285 g/mol. The minimum Gasteiger partial charge on any atom is -0.304 e. The van der Waals surface area contributed by atoms with E-state index in [9.17, 15) is 0 Å². The van der Waals surface area contributed by atoms with Gasteiger partial charge in [-0.15, -0.1) is 0 Å². The molecule has 0 aliphatic heterocycles. The van der Waals surface area contributed by atoms with E-state index in [1.54, 1.807) is 0 Å². The first kappa shape index (κ1) is 19.9. The van der Waals surface area contributed by atoms with E-state index >= 15 is 0 Å². The fourth-order valence-electron chi connectivity index (χ4n) is 2.72. The lowest BCUT2D eigenvalue weighted by atomic mass is 10.2. The number of nitrogens with zero attached hydrogens (tertiary/aromatic N) is 2. The van der Waals surface area contributed by atoms with Crippen LogP contribution in [0, 0.1) is 0 Å². The second-order valence-electron chi connectivity index (χ2n) is 5.99. The first-order valence-corrected chi connectivity index (χ1v) is 9.23. The van der Waals surface area contributed by atoms with Crippen molar-refractivity contribution in [2.75, 3.05) is 39.3 Å². The summed E-state index contributed by atoms with van der Waals surface area (Å²) in [6.45, 7) is 16.8. The highest BCUT2D eigenvalue weighted by Gasteiger charge is 2.05. The summed E-state index contributed by atoms with van der Waals surface area (Å²) in [6, 6.07) is 0. The Hall–Kier alpha value is -0.0800. The zero-order chi connectivity index (χ0) is 15.1. The summed E-state index contributed by atoms with van der Waals surface area (Å²) in [5, 5.41) is 0. The number of hydrogen-bond donors (Lipinski definition) is 0. The minimum atomic E-state index is 1.21. The molecule has 0 atom stereocenters. The quantitative estimate of drug-likeness (QED) is 0.399. The summed E-state index contributed by atoms with van der Waals surface area (Å²) in [7, 11) is 0. The molecule has 0 radical (unpaired) electrons. The van der Waals surface area contributed by atoms with Crippen molar-refractivity contribution in [2.45, 2.75) is 79.1 Å². The van der Waals surface area contributed by atoms with Crippen LogP contribution in [0.2, 0.25) is 0 Å². The van der Waals surface area contributed by atoms with Gasteiger partial charge in [-0.05, 0) is 58.5 Å². The maximum atomic E-state index is 2.63. The topological polar surface area (TPSA) is 6.48 Å². The highest BCUT2D eigenvalue weighted by atomic mass is 15.1. The highest BCUT2D eigenvalue weighted by Crippen LogP contribution is 2.03. The molecule has 0 aromatic carbocycles. The molecule has 0 bridgehead atoms. The molecule has 0 rings (SSSR count). The summed E-state index contributed by atoms with van der Waals surface area (Å²) < 4.78 is 0. The molecule has 20 heavy (non-hydrogen) atoms. The van der Waals surface area contributed by atoms with Gasteiger partial charge < -0.3 is 9.80 Å². The van der Waals surface area contributed by atoms with Crippen molar-refractivity contribution >= 4 is 0 Å². The van der Waals surface area contributed by atoms with Crippen molar-refractivity contribution < 1.29 is 0 Å². The van der Waals surface area contributed by atoms with Gasteiger partial charge in [0.15, 0.2) is 0 Å². The van der Waals surface area contributed by atoms with Gasteiger partial charge in [0.05, 0.1) is 0 Å². The van der Waals surface area contributed by atoms with Crippen molar-refractivity contribution in [1.29, 1.82) is 0 Å². The van der Waals surface area contributed by atoms with Crippen LogP contribution < -0.4 is 0 Å². The zero-order valence-corrected chi connectivity index (χ0v) is 14.8. The third-order valence-electron chi connectivity index (χ3n) is 4.25. The van der Waals surface area contributed by atoms with E-state index in [-0.39, 0.29) is 0 Å². The summed E-state index contributed by atoms with van der Waals surface area (Å²) >= 11 is 0. The maximum Gasteiger partial charge on any atom is -0.000666 e. The largest absolute Gasteiger partial charge is 0.304 e. The van der Waals surface area contributed by atoms with Gasteiger partial charge in [0.2, 0.25) is 0 Å². The second kappa shape index (κ2) is 15.3. The summed E-state index contributed by atoms with van der Waals surface area (Å²) in [6.07, 6.45) is 11.0. The highest BCUT2D eigenvalue weighted by molar-refractivity contribution is 4.61. The SMILES string of the molecule is CCCCCCN(CC)CCCN(CC)CCCCC. The predicted molar refractivity (Wildman–Crippen MR) is 92.5 cm³/mol. The third kappa shape index (κ3) is 11.7. The molecule has 0 aliphatic carbocycles. The van der Waals surface area contributed by atoms with Gasteiger partial charge in [-0.25, -0.2) is 0 Å². The summed E-state index contributed by atoms with van der Waals surface area (Å²) in [5.41, 5.74) is 0. The Kier molecular flexibility index (Phi) is 15.3. The lowest BCUT2D eigenvalue weighted by Gasteiger charge is -2.24. The Morgan fingerprint density at radius 1 is 0.450 bits per heavy atom. The van der Waals surface area contributed by atoms with Gasteiger partial charge in [0.25, 0.3) is 0 Å². The Morgan fingerprint density at radius 3 is 1.30 bits per heavy atom. The molecular weight excluding hydrogens is 244 g/mol. The molecule has 122 valence electrons. The van der Waals surface area contributed by atoms with Crippen molar-refractivity contribution in [3.8, 4) is 0 Å². The van der Waals surface area contributed by atoms with Gasteiger partial charge in [-0.3, -0.25) is 0 Å². The fourth-order valence-corrected chi connectivity index (χ4v) is 2.72. The van der Waals surface area contributed by atoms with Gasteiger partial charge in [0, 0.05) is 0 Å². The summed E-state index contributed by atoms with van der Waals surface area (Å²) in [5.74, 6) is 0. The van der Waals surface area contributed by atoms with Crippen LogP contribution in [0.5, 0.6) is 0 Å². The number of unbranched alkanes of at least 4 members (excludes halogenated alkanes) is 5. The molecule has 0 aromatic heterocycles. The van der Waals surface area contributed by atoms with Crippen LogP contribution in [0.25, 0.3) is 0 Å². The monoisotopic (exact) mass is 284 g/mol. The molecular formula is C18H40N2. The Bertz CT molecular complexity index is 182. The second-order valence-corrected chi connectivity index (χ2v) is 5.99. The Balaban J connectivity index is 3.64. The van der Waals surface area contributed by atoms with E-state index in [1.165, 1.54) is 90.6 Å². The molecule has 0 unspecified atom stereocenters. The van der Waals surface area contributed by atoms with Gasteiger partial charge in [0.1, 0.15) is 0 Å². The van der Waals surface area contributed by atoms with Crippen molar-refractivity contribution in [2.24, 2.45) is 0 Å². The van der Waals surface area contributed by atoms with Gasteiger partial charge in [-0.1, -0.05) is 59.8 Å². The summed E-state index contributed by atoms with van der Waals surface area (Å²) in [4.78, 5) is 5.26. The van der Waals surface area contributed by atoms with E-state index in [0.717, 1.165) is 0 Å². The number of hydrogen-bond acceptors (Lipinski definition) is 2. The molecule has 0 N–H and O–H groups in total. The molecule has 0 heterocycles. The molecule has 0 aromatic rings. The fraction of sp³-hybridized carbons (Fsp3) is 1.00. The van der Waals surface area contributed by atoms with Crippen LogP contribution in [0.4, 0.5) is 0 Å². The molecule has 2 heteroatoms. The number of rotatable bonds is 15. The first-order chi connectivity index (χ1) is 9.78. The van der Waals surface area contributed by atoms with Crippen molar-refractivity contribution in [1.82, 2.24) is 9.80 Å². The lowest BCUT2D eigenvalue weighted by molar-refractivity contribution is 0.232. The minimum absolute atomic E-state index is 1.21. The van der Waals surface area contributed by atoms with Crippen molar-refractivity contribution in [3.05, 3.63) is 0 Å². The zero-order valence-electron chi connectivity index (χ0n) is 14.8. The smallest absolute Gasteiger partial charge is 0.000666 e. The molecule has 0 spiro atoms. The van der Waals surface area contributed by atoms with E-state index in [2.05, 4.69) is 37.5 Å². The van der Waals surface area contributed by atoms with Crippen LogP contribution in [0.15, 0.2) is 0 Å². The molecule has 2 nitrogen and oxygen atoms in total. The average Bonchev–Trinajstić information content (AvgIpc) is 2.48. The van der Waals surface area contributed by atoms with Gasteiger partial charge in [-0.2, -0.15) is 0 Å². The van der Waals surface area contributed by atoms with E-state index in [4.69, 9.17) is 0 Å². The predicted octanol–water partition coefficient (Wildman–Crippen LogP) is 4.79. The van der Waals surface area contributed by atoms with Crippen LogP contribution in [0.1, 0.15) is 79.1 Å². The molecule has 0 aliphatic rings. The lowest BCUT2D eigenvalue weighted by Crippen LogP contribution is -2.31.